The molecule has 110 valence electrons. The molecular weight excluding hydrogens is 276 g/mol. The summed E-state index contributed by atoms with van der Waals surface area (Å²) in [5.41, 5.74) is 6.96. The van der Waals surface area contributed by atoms with E-state index in [0.29, 0.717) is 12.8 Å². The number of amides is 1. The first-order chi connectivity index (χ1) is 9.16. The van der Waals surface area contributed by atoms with Crippen LogP contribution in [0.5, 0.6) is 0 Å². The van der Waals surface area contributed by atoms with Crippen LogP contribution in [0.4, 0.5) is 0 Å². The number of carbonyl (C=O) groups is 1. The number of benzene rings is 1. The van der Waals surface area contributed by atoms with Gasteiger partial charge in [-0.2, -0.15) is 0 Å². The third kappa shape index (κ3) is 2.68. The standard InChI is InChI=1S/C15H20N2O2.ClH/c16-14(10-4-2-1-3-5-10)15(19)17-11-6-7-12(17)9-13(18)8-11;/h1-5,11-14,18H,6-9,16H2;1H. The Kier molecular flexibility index (Phi) is 4.68. The van der Waals surface area contributed by atoms with E-state index in [1.807, 2.05) is 35.2 Å². The lowest BCUT2D eigenvalue weighted by molar-refractivity contribution is -0.139. The first kappa shape index (κ1) is 15.3. The van der Waals surface area contributed by atoms with Crippen LogP contribution in [0.2, 0.25) is 0 Å². The minimum Gasteiger partial charge on any atom is -0.393 e. The molecule has 2 bridgehead atoms. The summed E-state index contributed by atoms with van der Waals surface area (Å²) >= 11 is 0. The Morgan fingerprint density at radius 3 is 2.30 bits per heavy atom. The number of aliphatic hydroxyl groups excluding tert-OH is 1. The van der Waals surface area contributed by atoms with Crippen molar-refractivity contribution in [3.63, 3.8) is 0 Å². The lowest BCUT2D eigenvalue weighted by atomic mass is 9.97. The van der Waals surface area contributed by atoms with Crippen LogP contribution in [-0.4, -0.2) is 34.1 Å². The molecule has 0 aliphatic carbocycles. The molecule has 3 rings (SSSR count). The molecular formula is C15H21ClN2O2. The second-order valence-electron chi connectivity index (χ2n) is 5.64. The maximum Gasteiger partial charge on any atom is 0.244 e. The molecule has 2 aliphatic heterocycles. The van der Waals surface area contributed by atoms with Crippen molar-refractivity contribution in [3.05, 3.63) is 35.9 Å². The van der Waals surface area contributed by atoms with Crippen LogP contribution in [0.1, 0.15) is 37.3 Å². The van der Waals surface area contributed by atoms with Crippen molar-refractivity contribution in [1.82, 2.24) is 4.90 Å². The Bertz CT molecular complexity index is 454. The SMILES string of the molecule is Cl.NC(C(=O)N1C2CCC1CC(O)C2)c1ccccc1. The molecule has 2 aliphatic rings. The highest BCUT2D eigenvalue weighted by atomic mass is 35.5. The van der Waals surface area contributed by atoms with Crippen LogP contribution in [0.3, 0.4) is 0 Å². The molecule has 3 atom stereocenters. The Hall–Kier alpha value is -1.10. The smallest absolute Gasteiger partial charge is 0.244 e. The van der Waals surface area contributed by atoms with Gasteiger partial charge >= 0.3 is 0 Å². The number of fused-ring (bicyclic) bond motifs is 2. The van der Waals surface area contributed by atoms with E-state index in [0.717, 1.165) is 18.4 Å². The highest BCUT2D eigenvalue weighted by Crippen LogP contribution is 2.37. The third-order valence-corrected chi connectivity index (χ3v) is 4.39. The largest absolute Gasteiger partial charge is 0.393 e. The molecule has 20 heavy (non-hydrogen) atoms. The number of rotatable bonds is 2. The minimum absolute atomic E-state index is 0. The van der Waals surface area contributed by atoms with Gasteiger partial charge in [0.15, 0.2) is 0 Å². The van der Waals surface area contributed by atoms with Crippen molar-refractivity contribution in [2.45, 2.75) is 49.9 Å². The lowest BCUT2D eigenvalue weighted by Crippen LogP contribution is -2.50. The summed E-state index contributed by atoms with van der Waals surface area (Å²) in [6.45, 7) is 0. The van der Waals surface area contributed by atoms with E-state index in [9.17, 15) is 9.90 Å². The summed E-state index contributed by atoms with van der Waals surface area (Å²) in [6, 6.07) is 9.27. The van der Waals surface area contributed by atoms with Crippen LogP contribution in [0, 0.1) is 0 Å². The maximum atomic E-state index is 12.6. The molecule has 5 heteroatoms. The number of halogens is 1. The fraction of sp³-hybridized carbons (Fsp3) is 0.533. The van der Waals surface area contributed by atoms with Gasteiger partial charge in [0.2, 0.25) is 5.91 Å². The van der Waals surface area contributed by atoms with Crippen LogP contribution in [0.15, 0.2) is 30.3 Å². The van der Waals surface area contributed by atoms with Gasteiger partial charge in [0.05, 0.1) is 6.10 Å². The van der Waals surface area contributed by atoms with Crippen molar-refractivity contribution in [3.8, 4) is 0 Å². The number of piperidine rings is 1. The molecule has 3 unspecified atom stereocenters. The Morgan fingerprint density at radius 2 is 1.75 bits per heavy atom. The highest BCUT2D eigenvalue weighted by Gasteiger charge is 2.44. The van der Waals surface area contributed by atoms with Gasteiger partial charge in [0, 0.05) is 12.1 Å². The first-order valence-corrected chi connectivity index (χ1v) is 6.97. The molecule has 2 fully saturated rings. The van der Waals surface area contributed by atoms with Gasteiger partial charge in [-0.1, -0.05) is 30.3 Å². The highest BCUT2D eigenvalue weighted by molar-refractivity contribution is 5.85. The molecule has 0 saturated carbocycles. The minimum atomic E-state index is -0.584. The predicted octanol–water partition coefficient (Wildman–Crippen LogP) is 1.62. The van der Waals surface area contributed by atoms with Crippen molar-refractivity contribution in [1.29, 1.82) is 0 Å². The molecule has 1 amide bonds. The Balaban J connectivity index is 0.00000147. The summed E-state index contributed by atoms with van der Waals surface area (Å²) in [5, 5.41) is 9.78. The van der Waals surface area contributed by atoms with Crippen LogP contribution >= 0.6 is 12.4 Å². The molecule has 0 radical (unpaired) electrons. The predicted molar refractivity (Wildman–Crippen MR) is 79.5 cm³/mol. The molecule has 4 nitrogen and oxygen atoms in total. The first-order valence-electron chi connectivity index (χ1n) is 6.97. The quantitative estimate of drug-likeness (QED) is 0.871. The molecule has 0 spiro atoms. The zero-order valence-corrected chi connectivity index (χ0v) is 12.1. The van der Waals surface area contributed by atoms with Gasteiger partial charge in [0.25, 0.3) is 0 Å². The van der Waals surface area contributed by atoms with Gasteiger partial charge in [-0.05, 0) is 31.2 Å². The number of hydrogen-bond acceptors (Lipinski definition) is 3. The van der Waals surface area contributed by atoms with Crippen LogP contribution in [-0.2, 0) is 4.79 Å². The van der Waals surface area contributed by atoms with E-state index >= 15 is 0 Å². The number of carbonyl (C=O) groups excluding carboxylic acids is 1. The summed E-state index contributed by atoms with van der Waals surface area (Å²) in [6.07, 6.45) is 3.13. The number of aliphatic hydroxyl groups is 1. The fourth-order valence-corrected chi connectivity index (χ4v) is 3.47. The summed E-state index contributed by atoms with van der Waals surface area (Å²) in [7, 11) is 0. The summed E-state index contributed by atoms with van der Waals surface area (Å²) in [4.78, 5) is 14.5. The summed E-state index contributed by atoms with van der Waals surface area (Å²) < 4.78 is 0. The van der Waals surface area contributed by atoms with Crippen LogP contribution < -0.4 is 5.73 Å². The lowest BCUT2D eigenvalue weighted by Gasteiger charge is -2.38. The monoisotopic (exact) mass is 296 g/mol. The second kappa shape index (κ2) is 6.12. The van der Waals surface area contributed by atoms with E-state index in [2.05, 4.69) is 0 Å². The summed E-state index contributed by atoms with van der Waals surface area (Å²) in [5.74, 6) is 0.00519. The third-order valence-electron chi connectivity index (χ3n) is 4.39. The fourth-order valence-electron chi connectivity index (χ4n) is 3.47. The maximum absolute atomic E-state index is 12.6. The number of hydrogen-bond donors (Lipinski definition) is 2. The number of nitrogens with zero attached hydrogens (tertiary/aromatic N) is 1. The topological polar surface area (TPSA) is 66.6 Å². The van der Waals surface area contributed by atoms with Gasteiger partial charge in [-0.25, -0.2) is 0 Å². The molecule has 2 saturated heterocycles. The van der Waals surface area contributed by atoms with Crippen molar-refractivity contribution >= 4 is 18.3 Å². The Labute approximate surface area is 125 Å². The van der Waals surface area contributed by atoms with Gasteiger partial charge < -0.3 is 15.7 Å². The molecule has 0 aromatic heterocycles. The van der Waals surface area contributed by atoms with E-state index in [1.165, 1.54) is 0 Å². The van der Waals surface area contributed by atoms with Gasteiger partial charge in [0.1, 0.15) is 6.04 Å². The van der Waals surface area contributed by atoms with Crippen molar-refractivity contribution in [2.75, 3.05) is 0 Å². The van der Waals surface area contributed by atoms with Gasteiger partial charge in [-0.3, -0.25) is 4.79 Å². The van der Waals surface area contributed by atoms with E-state index in [-0.39, 0.29) is 36.5 Å². The molecule has 3 N–H and O–H groups in total. The molecule has 1 aromatic rings. The zero-order chi connectivity index (χ0) is 13.4. The average Bonchev–Trinajstić information content (AvgIpc) is 2.70. The zero-order valence-electron chi connectivity index (χ0n) is 11.3. The normalized spacial score (nSPS) is 29.7. The second-order valence-corrected chi connectivity index (χ2v) is 5.64. The van der Waals surface area contributed by atoms with E-state index in [1.54, 1.807) is 0 Å². The van der Waals surface area contributed by atoms with E-state index in [4.69, 9.17) is 5.73 Å². The van der Waals surface area contributed by atoms with Gasteiger partial charge in [-0.15, -0.1) is 12.4 Å². The molecule has 1 aromatic carbocycles. The van der Waals surface area contributed by atoms with Crippen molar-refractivity contribution in [2.24, 2.45) is 5.73 Å². The molecule has 2 heterocycles. The van der Waals surface area contributed by atoms with Crippen LogP contribution in [0.25, 0.3) is 0 Å². The Morgan fingerprint density at radius 1 is 1.20 bits per heavy atom. The average molecular weight is 297 g/mol. The van der Waals surface area contributed by atoms with Crippen molar-refractivity contribution < 1.29 is 9.90 Å². The number of nitrogens with two attached hydrogens (primary N) is 1. The van der Waals surface area contributed by atoms with E-state index < -0.39 is 6.04 Å².